The molecular formula is C22H27ClN2O4S. The summed E-state index contributed by atoms with van der Waals surface area (Å²) < 4.78 is 31.8. The Morgan fingerprint density at radius 3 is 2.63 bits per heavy atom. The summed E-state index contributed by atoms with van der Waals surface area (Å²) in [4.78, 5) is 12.9. The standard InChI is InChI=1S/C22H27ClN2O4S/c1-15-9-10-20-17(11-15)19(12-22(2,3)29-20)24-21(26)14-25(30(4,27)28)13-16-7-5-6-8-18(16)23/h5-11,19H,12-14H2,1-4H3,(H,24,26)/t19-/m0/s1. The quantitative estimate of drug-likeness (QED) is 0.725. The number of halogens is 1. The van der Waals surface area contributed by atoms with Crippen LogP contribution in [0.3, 0.4) is 0 Å². The van der Waals surface area contributed by atoms with Gasteiger partial charge in [0.1, 0.15) is 11.4 Å². The highest BCUT2D eigenvalue weighted by molar-refractivity contribution is 7.88. The van der Waals surface area contributed by atoms with E-state index in [-0.39, 0.29) is 25.0 Å². The average molecular weight is 451 g/mol. The molecule has 1 amide bonds. The highest BCUT2D eigenvalue weighted by Gasteiger charge is 2.35. The zero-order chi connectivity index (χ0) is 22.1. The van der Waals surface area contributed by atoms with E-state index in [0.29, 0.717) is 17.0 Å². The zero-order valence-corrected chi connectivity index (χ0v) is 19.2. The second-order valence-corrected chi connectivity index (χ2v) is 10.7. The molecule has 0 bridgehead atoms. The lowest BCUT2D eigenvalue weighted by atomic mass is 9.89. The average Bonchev–Trinajstić information content (AvgIpc) is 2.62. The monoisotopic (exact) mass is 450 g/mol. The van der Waals surface area contributed by atoms with Crippen LogP contribution in [0.15, 0.2) is 42.5 Å². The van der Waals surface area contributed by atoms with Crippen LogP contribution in [0.5, 0.6) is 5.75 Å². The molecule has 6 nitrogen and oxygen atoms in total. The summed E-state index contributed by atoms with van der Waals surface area (Å²) in [5.74, 6) is 0.362. The molecule has 0 radical (unpaired) electrons. The zero-order valence-electron chi connectivity index (χ0n) is 17.6. The SMILES string of the molecule is Cc1ccc2c(c1)[C@@H](NC(=O)CN(Cc1ccccc1Cl)S(C)(=O)=O)CC(C)(C)O2. The highest BCUT2D eigenvalue weighted by atomic mass is 35.5. The predicted molar refractivity (Wildman–Crippen MR) is 118 cm³/mol. The van der Waals surface area contributed by atoms with Crippen LogP contribution in [0.4, 0.5) is 0 Å². The molecule has 162 valence electrons. The van der Waals surface area contributed by atoms with Gasteiger partial charge in [-0.05, 0) is 38.5 Å². The Bertz CT molecular complexity index is 1050. The summed E-state index contributed by atoms with van der Waals surface area (Å²) in [5, 5.41) is 3.46. The molecule has 1 aliphatic heterocycles. The first-order valence-electron chi connectivity index (χ1n) is 9.72. The maximum Gasteiger partial charge on any atom is 0.235 e. The number of benzene rings is 2. The first-order chi connectivity index (χ1) is 13.9. The van der Waals surface area contributed by atoms with Crippen molar-refractivity contribution in [3.8, 4) is 5.75 Å². The molecule has 0 saturated heterocycles. The number of hydrogen-bond donors (Lipinski definition) is 1. The lowest BCUT2D eigenvalue weighted by molar-refractivity contribution is -0.122. The third-order valence-electron chi connectivity index (χ3n) is 5.05. The van der Waals surface area contributed by atoms with Crippen molar-refractivity contribution in [1.82, 2.24) is 9.62 Å². The molecule has 0 aliphatic carbocycles. The lowest BCUT2D eigenvalue weighted by Crippen LogP contribution is -2.45. The highest BCUT2D eigenvalue weighted by Crippen LogP contribution is 2.39. The van der Waals surface area contributed by atoms with E-state index in [9.17, 15) is 13.2 Å². The Labute approximate surface area is 183 Å². The van der Waals surface area contributed by atoms with Crippen LogP contribution < -0.4 is 10.1 Å². The van der Waals surface area contributed by atoms with E-state index in [1.807, 2.05) is 39.0 Å². The third-order valence-corrected chi connectivity index (χ3v) is 6.62. The third kappa shape index (κ3) is 5.53. The second kappa shape index (κ2) is 8.57. The Balaban J connectivity index is 1.79. The minimum Gasteiger partial charge on any atom is -0.487 e. The van der Waals surface area contributed by atoms with E-state index in [1.54, 1.807) is 24.3 Å². The molecule has 0 fully saturated rings. The summed E-state index contributed by atoms with van der Waals surface area (Å²) in [6, 6.07) is 12.6. The van der Waals surface area contributed by atoms with E-state index < -0.39 is 15.6 Å². The summed E-state index contributed by atoms with van der Waals surface area (Å²) in [6.45, 7) is 5.65. The molecule has 1 atom stereocenters. The lowest BCUT2D eigenvalue weighted by Gasteiger charge is -2.38. The number of carbonyl (C=O) groups excluding carboxylic acids is 1. The molecule has 0 saturated carbocycles. The molecule has 0 unspecified atom stereocenters. The topological polar surface area (TPSA) is 75.7 Å². The van der Waals surface area contributed by atoms with Crippen LogP contribution in [0, 0.1) is 6.92 Å². The van der Waals surface area contributed by atoms with Gasteiger partial charge in [-0.2, -0.15) is 4.31 Å². The molecule has 1 aliphatic rings. The number of nitrogens with zero attached hydrogens (tertiary/aromatic N) is 1. The van der Waals surface area contributed by atoms with E-state index in [2.05, 4.69) is 5.32 Å². The molecule has 2 aromatic rings. The van der Waals surface area contributed by atoms with E-state index in [4.69, 9.17) is 16.3 Å². The first-order valence-corrected chi connectivity index (χ1v) is 11.9. The van der Waals surface area contributed by atoms with Crippen molar-refractivity contribution in [2.45, 2.75) is 45.4 Å². The van der Waals surface area contributed by atoms with Crippen molar-refractivity contribution < 1.29 is 17.9 Å². The number of sulfonamides is 1. The van der Waals surface area contributed by atoms with Crippen LogP contribution >= 0.6 is 11.6 Å². The van der Waals surface area contributed by atoms with Gasteiger partial charge in [0.25, 0.3) is 0 Å². The maximum absolute atomic E-state index is 12.9. The van der Waals surface area contributed by atoms with E-state index in [0.717, 1.165) is 27.4 Å². The first kappa shape index (κ1) is 22.6. The summed E-state index contributed by atoms with van der Waals surface area (Å²) in [7, 11) is -3.62. The molecule has 0 aromatic heterocycles. The van der Waals surface area contributed by atoms with Crippen LogP contribution in [-0.2, 0) is 21.4 Å². The van der Waals surface area contributed by atoms with E-state index >= 15 is 0 Å². The fourth-order valence-electron chi connectivity index (χ4n) is 3.61. The summed E-state index contributed by atoms with van der Waals surface area (Å²) >= 11 is 6.18. The Morgan fingerprint density at radius 1 is 1.27 bits per heavy atom. The molecule has 1 N–H and O–H groups in total. The minimum atomic E-state index is -3.62. The van der Waals surface area contributed by atoms with Gasteiger partial charge in [-0.25, -0.2) is 8.42 Å². The van der Waals surface area contributed by atoms with Gasteiger partial charge < -0.3 is 10.1 Å². The number of amides is 1. The van der Waals surface area contributed by atoms with Crippen LogP contribution in [0.1, 0.15) is 43.0 Å². The smallest absolute Gasteiger partial charge is 0.235 e. The normalized spacial score (nSPS) is 17.9. The van der Waals surface area contributed by atoms with E-state index in [1.165, 1.54) is 0 Å². The Morgan fingerprint density at radius 2 is 1.97 bits per heavy atom. The van der Waals surface area contributed by atoms with Crippen molar-refractivity contribution in [2.75, 3.05) is 12.8 Å². The minimum absolute atomic E-state index is 0.0287. The van der Waals surface area contributed by atoms with Crippen LogP contribution in [-0.4, -0.2) is 37.0 Å². The molecule has 8 heteroatoms. The van der Waals surface area contributed by atoms with Crippen LogP contribution in [0.25, 0.3) is 0 Å². The van der Waals surface area contributed by atoms with Crippen molar-refractivity contribution in [3.05, 3.63) is 64.2 Å². The maximum atomic E-state index is 12.9. The van der Waals surface area contributed by atoms with Gasteiger partial charge in [-0.1, -0.05) is 47.5 Å². The van der Waals surface area contributed by atoms with Gasteiger partial charge in [0.15, 0.2) is 0 Å². The van der Waals surface area contributed by atoms with Crippen LogP contribution in [0.2, 0.25) is 5.02 Å². The number of aryl methyl sites for hydroxylation is 1. The molecular weight excluding hydrogens is 424 g/mol. The molecule has 0 spiro atoms. The van der Waals surface area contributed by atoms with Crippen molar-refractivity contribution in [1.29, 1.82) is 0 Å². The summed E-state index contributed by atoms with van der Waals surface area (Å²) in [5.41, 5.74) is 2.16. The number of rotatable bonds is 6. The fourth-order valence-corrected chi connectivity index (χ4v) is 4.53. The van der Waals surface area contributed by atoms with Gasteiger partial charge in [-0.3, -0.25) is 4.79 Å². The molecule has 1 heterocycles. The Kier molecular flexibility index (Phi) is 6.45. The predicted octanol–water partition coefficient (Wildman–Crippen LogP) is 3.83. The summed E-state index contributed by atoms with van der Waals surface area (Å²) in [6.07, 6.45) is 1.67. The van der Waals surface area contributed by atoms with Gasteiger partial charge in [-0.15, -0.1) is 0 Å². The van der Waals surface area contributed by atoms with Gasteiger partial charge in [0.05, 0.1) is 18.8 Å². The molecule has 30 heavy (non-hydrogen) atoms. The largest absolute Gasteiger partial charge is 0.487 e. The second-order valence-electron chi connectivity index (χ2n) is 8.35. The number of nitrogens with one attached hydrogen (secondary N) is 1. The number of carbonyl (C=O) groups is 1. The number of fused-ring (bicyclic) bond motifs is 1. The van der Waals surface area contributed by atoms with Gasteiger partial charge in [0.2, 0.25) is 15.9 Å². The fraction of sp³-hybridized carbons (Fsp3) is 0.409. The number of hydrogen-bond acceptors (Lipinski definition) is 4. The Hall–Kier alpha value is -2.09. The van der Waals surface area contributed by atoms with Crippen molar-refractivity contribution in [2.24, 2.45) is 0 Å². The van der Waals surface area contributed by atoms with Gasteiger partial charge in [0, 0.05) is 23.6 Å². The number of ether oxygens (including phenoxy) is 1. The molecule has 2 aromatic carbocycles. The van der Waals surface area contributed by atoms with Gasteiger partial charge >= 0.3 is 0 Å². The van der Waals surface area contributed by atoms with Crippen molar-refractivity contribution >= 4 is 27.5 Å². The van der Waals surface area contributed by atoms with Crippen molar-refractivity contribution in [3.63, 3.8) is 0 Å². The molecule has 3 rings (SSSR count).